The van der Waals surface area contributed by atoms with Gasteiger partial charge in [0.1, 0.15) is 0 Å². The number of benzene rings is 1. The molecule has 0 saturated heterocycles. The highest BCUT2D eigenvalue weighted by Gasteiger charge is 2.18. The Morgan fingerprint density at radius 2 is 2.14 bits per heavy atom. The highest BCUT2D eigenvalue weighted by atomic mass is 32.2. The molecule has 1 aromatic carbocycles. The number of aliphatic carboxylic acids is 1. The van der Waals surface area contributed by atoms with Gasteiger partial charge in [0.05, 0.1) is 23.5 Å². The first-order valence-electron chi connectivity index (χ1n) is 5.80. The molecule has 0 aliphatic rings. The number of carbonyl (C=O) groups is 1. The lowest BCUT2D eigenvalue weighted by Crippen LogP contribution is -2.17. The van der Waals surface area contributed by atoms with Crippen molar-refractivity contribution in [1.82, 2.24) is 0 Å². The predicted octanol–water partition coefficient (Wildman–Crippen LogP) is 1.21. The molecule has 0 unspecified atom stereocenters. The summed E-state index contributed by atoms with van der Waals surface area (Å²) in [4.78, 5) is 20.5. The first-order valence-corrected chi connectivity index (χ1v) is 7.45. The number of rotatable bonds is 8. The fraction of sp³-hybridized carbons (Fsp3) is 0.364. The average molecular weight is 318 g/mol. The Hall–Kier alpha value is -2.36. The summed E-state index contributed by atoms with van der Waals surface area (Å²) in [7, 11) is -2.51. The molecule has 0 saturated carbocycles. The van der Waals surface area contributed by atoms with Crippen molar-refractivity contribution in [3.8, 4) is 5.75 Å². The van der Waals surface area contributed by atoms with Gasteiger partial charge < -0.3 is 9.84 Å². The van der Waals surface area contributed by atoms with Crippen LogP contribution in [0.15, 0.2) is 18.2 Å². The summed E-state index contributed by atoms with van der Waals surface area (Å²) in [6, 6.07) is 3.63. The van der Waals surface area contributed by atoms with E-state index in [1.165, 1.54) is 19.2 Å². The molecule has 0 atom stereocenters. The van der Waals surface area contributed by atoms with Crippen LogP contribution in [0.2, 0.25) is 0 Å². The third-order valence-corrected chi connectivity index (χ3v) is 3.83. The van der Waals surface area contributed by atoms with Crippen LogP contribution in [0.25, 0.3) is 0 Å². The zero-order valence-electron chi connectivity index (χ0n) is 11.1. The molecule has 2 N–H and O–H groups in total. The summed E-state index contributed by atoms with van der Waals surface area (Å²) in [5.74, 6) is -1.47. The standard InChI is InChI=1S/C11H14N2O7S/c1-20-10-5-4-8(7-9(10)13(16)17)12-21(18,19)6-2-3-11(14)15/h4-5,7,12H,2-3,6H2,1H3,(H,14,15). The number of nitrogens with one attached hydrogen (secondary N) is 1. The number of carboxylic acid groups (broad SMARTS) is 1. The second-order valence-corrected chi connectivity index (χ2v) is 5.90. The van der Waals surface area contributed by atoms with E-state index in [1.54, 1.807) is 0 Å². The van der Waals surface area contributed by atoms with E-state index in [9.17, 15) is 23.3 Å². The first-order chi connectivity index (χ1) is 9.75. The molecular weight excluding hydrogens is 304 g/mol. The zero-order chi connectivity index (χ0) is 16.0. The monoisotopic (exact) mass is 318 g/mol. The normalized spacial score (nSPS) is 10.9. The van der Waals surface area contributed by atoms with Gasteiger partial charge in [0.2, 0.25) is 10.0 Å². The molecule has 1 rings (SSSR count). The molecule has 9 nitrogen and oxygen atoms in total. The fourth-order valence-corrected chi connectivity index (χ4v) is 2.65. The summed E-state index contributed by atoms with van der Waals surface area (Å²) in [5.41, 5.74) is -0.360. The number of ether oxygens (including phenoxy) is 1. The number of hydrogen-bond acceptors (Lipinski definition) is 6. The van der Waals surface area contributed by atoms with E-state index in [4.69, 9.17) is 9.84 Å². The second kappa shape index (κ2) is 6.88. The van der Waals surface area contributed by atoms with Crippen molar-refractivity contribution in [1.29, 1.82) is 0 Å². The molecule has 0 fully saturated rings. The third-order valence-electron chi connectivity index (χ3n) is 2.45. The van der Waals surface area contributed by atoms with Crippen LogP contribution < -0.4 is 9.46 Å². The van der Waals surface area contributed by atoms with E-state index >= 15 is 0 Å². The molecule has 0 aliphatic heterocycles. The Morgan fingerprint density at radius 1 is 1.48 bits per heavy atom. The maximum Gasteiger partial charge on any atom is 0.312 e. The van der Waals surface area contributed by atoms with Gasteiger partial charge in [0, 0.05) is 12.5 Å². The van der Waals surface area contributed by atoms with E-state index in [-0.39, 0.29) is 35.7 Å². The molecule has 116 valence electrons. The fourth-order valence-electron chi connectivity index (χ4n) is 1.54. The van der Waals surface area contributed by atoms with Gasteiger partial charge in [-0.3, -0.25) is 19.6 Å². The number of carboxylic acids is 1. The van der Waals surface area contributed by atoms with Gasteiger partial charge in [-0.25, -0.2) is 8.42 Å². The molecule has 0 aromatic heterocycles. The van der Waals surface area contributed by atoms with Gasteiger partial charge in [0.15, 0.2) is 5.75 Å². The van der Waals surface area contributed by atoms with E-state index in [0.29, 0.717) is 0 Å². The predicted molar refractivity (Wildman–Crippen MR) is 73.9 cm³/mol. The quantitative estimate of drug-likeness (QED) is 0.543. The SMILES string of the molecule is COc1ccc(NS(=O)(=O)CCCC(=O)O)cc1[N+](=O)[O-]. The summed E-state index contributed by atoms with van der Waals surface area (Å²) < 4.78 is 30.4. The Morgan fingerprint density at radius 3 is 2.67 bits per heavy atom. The molecule has 1 aromatic rings. The maximum absolute atomic E-state index is 11.7. The number of hydrogen-bond donors (Lipinski definition) is 2. The summed E-state index contributed by atoms with van der Waals surface area (Å²) in [5, 5.41) is 19.3. The van der Waals surface area contributed by atoms with Crippen LogP contribution in [-0.4, -0.2) is 37.3 Å². The van der Waals surface area contributed by atoms with Crippen molar-refractivity contribution < 1.29 is 28.0 Å². The Balaban J connectivity index is 2.85. The Bertz CT molecular complexity index is 642. The zero-order valence-corrected chi connectivity index (χ0v) is 11.9. The Kier molecular flexibility index (Phi) is 5.47. The van der Waals surface area contributed by atoms with Crippen LogP contribution in [0.1, 0.15) is 12.8 Å². The van der Waals surface area contributed by atoms with E-state index < -0.39 is 20.9 Å². The second-order valence-electron chi connectivity index (χ2n) is 4.06. The largest absolute Gasteiger partial charge is 0.490 e. The van der Waals surface area contributed by atoms with Gasteiger partial charge in [0.25, 0.3) is 0 Å². The van der Waals surface area contributed by atoms with Crippen molar-refractivity contribution in [2.24, 2.45) is 0 Å². The number of nitrogens with zero attached hydrogens (tertiary/aromatic N) is 1. The van der Waals surface area contributed by atoms with Crippen LogP contribution in [0.3, 0.4) is 0 Å². The van der Waals surface area contributed by atoms with Crippen molar-refractivity contribution in [2.75, 3.05) is 17.6 Å². The van der Waals surface area contributed by atoms with Crippen molar-refractivity contribution in [3.63, 3.8) is 0 Å². The molecule has 0 spiro atoms. The van der Waals surface area contributed by atoms with Gasteiger partial charge in [-0.05, 0) is 18.6 Å². The van der Waals surface area contributed by atoms with Crippen LogP contribution in [-0.2, 0) is 14.8 Å². The lowest BCUT2D eigenvalue weighted by molar-refractivity contribution is -0.385. The van der Waals surface area contributed by atoms with Gasteiger partial charge >= 0.3 is 11.7 Å². The maximum atomic E-state index is 11.7. The van der Waals surface area contributed by atoms with Crippen LogP contribution >= 0.6 is 0 Å². The van der Waals surface area contributed by atoms with Gasteiger partial charge in [-0.15, -0.1) is 0 Å². The van der Waals surface area contributed by atoms with Crippen LogP contribution in [0.4, 0.5) is 11.4 Å². The highest BCUT2D eigenvalue weighted by Crippen LogP contribution is 2.30. The molecule has 0 amide bonds. The molecule has 0 heterocycles. The highest BCUT2D eigenvalue weighted by molar-refractivity contribution is 7.92. The lowest BCUT2D eigenvalue weighted by Gasteiger charge is -2.08. The van der Waals surface area contributed by atoms with Crippen LogP contribution in [0, 0.1) is 10.1 Å². The minimum absolute atomic E-state index is 0.00817. The smallest absolute Gasteiger partial charge is 0.312 e. The topological polar surface area (TPSA) is 136 Å². The first kappa shape index (κ1) is 16.7. The Labute approximate surface area is 120 Å². The molecule has 10 heteroatoms. The number of methoxy groups -OCH3 is 1. The van der Waals surface area contributed by atoms with Gasteiger partial charge in [-0.1, -0.05) is 0 Å². The summed E-state index contributed by atoms with van der Waals surface area (Å²) in [6.07, 6.45) is -0.327. The molecular formula is C11H14N2O7S. The summed E-state index contributed by atoms with van der Waals surface area (Å²) in [6.45, 7) is 0. The van der Waals surface area contributed by atoms with Crippen LogP contribution in [0.5, 0.6) is 5.75 Å². The minimum atomic E-state index is -3.77. The molecule has 0 aliphatic carbocycles. The molecule has 21 heavy (non-hydrogen) atoms. The third kappa shape index (κ3) is 5.26. The number of anilines is 1. The number of nitro groups is 1. The average Bonchev–Trinajstić information content (AvgIpc) is 2.37. The van der Waals surface area contributed by atoms with Crippen molar-refractivity contribution >= 4 is 27.4 Å². The lowest BCUT2D eigenvalue weighted by atomic mass is 10.2. The molecule has 0 bridgehead atoms. The molecule has 0 radical (unpaired) electrons. The van der Waals surface area contributed by atoms with E-state index in [1.807, 2.05) is 0 Å². The van der Waals surface area contributed by atoms with E-state index in [0.717, 1.165) is 6.07 Å². The van der Waals surface area contributed by atoms with Gasteiger partial charge in [-0.2, -0.15) is 0 Å². The van der Waals surface area contributed by atoms with Crippen molar-refractivity contribution in [2.45, 2.75) is 12.8 Å². The summed E-state index contributed by atoms with van der Waals surface area (Å²) >= 11 is 0. The van der Waals surface area contributed by atoms with E-state index in [2.05, 4.69) is 4.72 Å². The number of nitro benzene ring substituents is 1. The van der Waals surface area contributed by atoms with Crippen molar-refractivity contribution in [3.05, 3.63) is 28.3 Å². The minimum Gasteiger partial charge on any atom is -0.490 e. The number of sulfonamides is 1.